The predicted molar refractivity (Wildman–Crippen MR) is 12.8 cm³/mol. The third-order valence-electron chi connectivity index (χ3n) is 0. The van der Waals surface area contributed by atoms with Gasteiger partial charge in [0, 0.05) is 41.3 Å². The quantitative estimate of drug-likeness (QED) is 0.607. The molecule has 23 valence electrons. The summed E-state index contributed by atoms with van der Waals surface area (Å²) >= 11 is 8.53. The zero-order valence-electron chi connectivity index (χ0n) is 1.74. The molecule has 0 saturated heterocycles. The summed E-state index contributed by atoms with van der Waals surface area (Å²) in [4.78, 5) is 0. The van der Waals surface area contributed by atoms with Crippen LogP contribution in [0, 0.1) is 41.3 Å². The van der Waals surface area contributed by atoms with Gasteiger partial charge in [-0.3, -0.25) is 0 Å². The van der Waals surface area contributed by atoms with Crippen LogP contribution in [0.2, 0.25) is 0 Å². The molecule has 0 aliphatic carbocycles. The molecule has 4 heteroatoms. The number of hydrogen-bond acceptors (Lipinski definition) is 1. The number of hydrogen-bond donors (Lipinski definition) is 0. The fraction of sp³-hybridized carbons (Fsp3) is 0. The average molecular weight is 228 g/mol. The van der Waals surface area contributed by atoms with Gasteiger partial charge in [-0.2, -0.15) is 3.84 Å². The van der Waals surface area contributed by atoms with E-state index in [4.69, 9.17) is 0 Å². The second-order valence-corrected chi connectivity index (χ2v) is 0.525. The van der Waals surface area contributed by atoms with Gasteiger partial charge in [0.1, 0.15) is 0 Å². The first-order valence-electron chi connectivity index (χ1n) is 0.309. The molecule has 0 aromatic carbocycles. The van der Waals surface area contributed by atoms with Gasteiger partial charge in [0.2, 0.25) is 0 Å². The minimum absolute atomic E-state index is 0. The minimum atomic E-state index is 0. The van der Waals surface area contributed by atoms with Crippen LogP contribution in [0.15, 0.2) is 0 Å². The molecule has 0 aromatic rings. The first-order chi connectivity index (χ1) is 1.41. The van der Waals surface area contributed by atoms with Crippen molar-refractivity contribution in [3.8, 4) is 0 Å². The number of halogens is 2. The van der Waals surface area contributed by atoms with Crippen molar-refractivity contribution in [2.75, 3.05) is 0 Å². The van der Waals surface area contributed by atoms with Crippen molar-refractivity contribution in [2.24, 2.45) is 0 Å². The molecule has 0 aliphatic rings. The summed E-state index contributed by atoms with van der Waals surface area (Å²) in [5, 5.41) is 0. The Hall–Kier alpha value is 1.90. The van der Waals surface area contributed by atoms with Crippen LogP contribution in [0.4, 0.5) is 0 Å². The van der Waals surface area contributed by atoms with Crippen molar-refractivity contribution in [1.82, 2.24) is 0 Å². The molecule has 0 rings (SSSR count). The summed E-state index contributed by atoms with van der Waals surface area (Å²) in [6.07, 6.45) is 0. The zero-order valence-corrected chi connectivity index (χ0v) is 6.96. The molecule has 0 spiro atoms. The van der Waals surface area contributed by atoms with Crippen LogP contribution in [0.3, 0.4) is 0 Å². The van der Waals surface area contributed by atoms with Crippen LogP contribution < -0.4 is 0 Å². The molecule has 1 radical (unpaired) electrons. The first-order valence-corrected chi connectivity index (χ1v) is 0.926. The van der Waals surface area contributed by atoms with Gasteiger partial charge in [-0.25, -0.2) is 0 Å². The SMILES string of the molecule is ClOCl.[Pr]. The Labute approximate surface area is 67.9 Å². The van der Waals surface area contributed by atoms with Crippen LogP contribution in [0.25, 0.3) is 0 Å². The second kappa shape index (κ2) is 8.86. The van der Waals surface area contributed by atoms with E-state index in [0.717, 1.165) is 0 Å². The fourth-order valence-corrected chi connectivity index (χ4v) is 0. The fourth-order valence-electron chi connectivity index (χ4n) is 0. The molecule has 0 bridgehead atoms. The summed E-state index contributed by atoms with van der Waals surface area (Å²) < 4.78 is 3.19. The van der Waals surface area contributed by atoms with Gasteiger partial charge in [-0.05, 0) is 0 Å². The van der Waals surface area contributed by atoms with Crippen molar-refractivity contribution < 1.29 is 45.1 Å². The van der Waals surface area contributed by atoms with Gasteiger partial charge in [-0.1, -0.05) is 0 Å². The molecule has 0 N–H and O–H groups in total. The van der Waals surface area contributed by atoms with E-state index in [9.17, 15) is 0 Å². The minimum Gasteiger partial charge on any atom is -0.166 e. The Bertz CT molecular complexity index is 6.00. The zero-order chi connectivity index (χ0) is 2.71. The summed E-state index contributed by atoms with van der Waals surface area (Å²) in [6.45, 7) is 0. The van der Waals surface area contributed by atoms with Crippen LogP contribution in [-0.4, -0.2) is 0 Å². The van der Waals surface area contributed by atoms with E-state index in [-0.39, 0.29) is 41.3 Å². The maximum Gasteiger partial charge on any atom is 0.0832 e. The monoisotopic (exact) mass is 227 g/mol. The van der Waals surface area contributed by atoms with Crippen molar-refractivity contribution in [1.29, 1.82) is 0 Å². The predicted octanol–water partition coefficient (Wildman–Crippen LogP) is 1.31. The Balaban J connectivity index is 0. The third kappa shape index (κ3) is 9.08. The molecule has 4 heavy (non-hydrogen) atoms. The Morgan fingerprint density at radius 2 is 1.25 bits per heavy atom. The van der Waals surface area contributed by atoms with E-state index < -0.39 is 0 Å². The summed E-state index contributed by atoms with van der Waals surface area (Å²) in [6, 6.07) is 0. The van der Waals surface area contributed by atoms with E-state index in [0.29, 0.717) is 0 Å². The normalized spacial score (nSPS) is 4.50. The van der Waals surface area contributed by atoms with Crippen molar-refractivity contribution in [2.45, 2.75) is 0 Å². The van der Waals surface area contributed by atoms with E-state index in [1.54, 1.807) is 0 Å². The average Bonchev–Trinajstić information content (AvgIpc) is 0.918. The van der Waals surface area contributed by atoms with Gasteiger partial charge in [0.25, 0.3) is 0 Å². The Kier molecular flexibility index (Phi) is 20.6. The number of rotatable bonds is 0. The van der Waals surface area contributed by atoms with Crippen molar-refractivity contribution in [3.05, 3.63) is 0 Å². The second-order valence-electron chi connectivity index (χ2n) is 0.0583. The Morgan fingerprint density at radius 3 is 1.25 bits per heavy atom. The maximum absolute atomic E-state index is 4.26. The van der Waals surface area contributed by atoms with Gasteiger partial charge >= 0.3 is 0 Å². The molecule has 0 aliphatic heterocycles. The molecule has 0 atom stereocenters. The van der Waals surface area contributed by atoms with E-state index in [1.165, 1.54) is 0 Å². The Morgan fingerprint density at radius 1 is 1.25 bits per heavy atom. The summed E-state index contributed by atoms with van der Waals surface area (Å²) in [5.74, 6) is 0. The van der Waals surface area contributed by atoms with Crippen LogP contribution in [0.1, 0.15) is 0 Å². The van der Waals surface area contributed by atoms with E-state index in [1.807, 2.05) is 0 Å². The van der Waals surface area contributed by atoms with E-state index >= 15 is 0 Å². The molecule has 0 heterocycles. The molecule has 0 amide bonds. The smallest absolute Gasteiger partial charge is 0.0832 e. The summed E-state index contributed by atoms with van der Waals surface area (Å²) in [7, 11) is 0. The van der Waals surface area contributed by atoms with Gasteiger partial charge in [-0.15, -0.1) is 0 Å². The standard InChI is InChI=1S/Cl2O.Pr/c1-3-2;. The third-order valence-corrected chi connectivity index (χ3v) is 0. The van der Waals surface area contributed by atoms with Crippen LogP contribution >= 0.6 is 23.7 Å². The molecule has 0 saturated carbocycles. The molecule has 0 fully saturated rings. The van der Waals surface area contributed by atoms with Crippen LogP contribution in [0.5, 0.6) is 0 Å². The molecular weight excluding hydrogens is 228 g/mol. The topological polar surface area (TPSA) is 9.23 Å². The maximum atomic E-state index is 4.26. The van der Waals surface area contributed by atoms with Crippen LogP contribution in [-0.2, 0) is 3.84 Å². The molecule has 0 unspecified atom stereocenters. The van der Waals surface area contributed by atoms with Crippen molar-refractivity contribution in [3.63, 3.8) is 0 Å². The van der Waals surface area contributed by atoms with E-state index in [2.05, 4.69) is 27.6 Å². The largest absolute Gasteiger partial charge is 0.166 e. The molecular formula is Cl2OPr. The van der Waals surface area contributed by atoms with Gasteiger partial charge in [0.05, 0.1) is 23.7 Å². The molecule has 0 aromatic heterocycles. The van der Waals surface area contributed by atoms with Gasteiger partial charge in [0.15, 0.2) is 0 Å². The van der Waals surface area contributed by atoms with Gasteiger partial charge < -0.3 is 0 Å². The van der Waals surface area contributed by atoms with Crippen molar-refractivity contribution >= 4 is 23.7 Å². The molecule has 1 nitrogen and oxygen atoms in total. The summed E-state index contributed by atoms with van der Waals surface area (Å²) in [5.41, 5.74) is 0. The first kappa shape index (κ1) is 9.32.